The monoisotopic (exact) mass is 213 g/mol. The number of hydrogen-bond acceptors (Lipinski definition) is 3. The second-order valence-electron chi connectivity index (χ2n) is 5.08. The summed E-state index contributed by atoms with van der Waals surface area (Å²) in [4.78, 5) is 0. The standard InChI is InChI=1S/C12H23NO2/c1-14-7-4-13-10-11-8-12(9-11)2-5-15-6-3-12/h11,13H,2-10H2,1H3. The maximum absolute atomic E-state index is 5.42. The van der Waals surface area contributed by atoms with Crippen molar-refractivity contribution in [3.63, 3.8) is 0 Å². The summed E-state index contributed by atoms with van der Waals surface area (Å²) >= 11 is 0. The van der Waals surface area contributed by atoms with Gasteiger partial charge in [0.15, 0.2) is 0 Å². The molecule has 2 rings (SSSR count). The van der Waals surface area contributed by atoms with Crippen LogP contribution in [0.25, 0.3) is 0 Å². The molecule has 1 saturated heterocycles. The molecule has 0 unspecified atom stereocenters. The van der Waals surface area contributed by atoms with Gasteiger partial charge in [-0.25, -0.2) is 0 Å². The van der Waals surface area contributed by atoms with E-state index in [4.69, 9.17) is 9.47 Å². The summed E-state index contributed by atoms with van der Waals surface area (Å²) in [6.45, 7) is 4.97. The summed E-state index contributed by atoms with van der Waals surface area (Å²) in [7, 11) is 1.75. The largest absolute Gasteiger partial charge is 0.383 e. The molecule has 1 aliphatic carbocycles. The van der Waals surface area contributed by atoms with E-state index < -0.39 is 0 Å². The molecule has 1 aliphatic heterocycles. The molecule has 88 valence electrons. The van der Waals surface area contributed by atoms with E-state index >= 15 is 0 Å². The fraction of sp³-hybridized carbons (Fsp3) is 1.00. The second-order valence-corrected chi connectivity index (χ2v) is 5.08. The van der Waals surface area contributed by atoms with Crippen LogP contribution >= 0.6 is 0 Å². The quantitative estimate of drug-likeness (QED) is 0.701. The lowest BCUT2D eigenvalue weighted by atomic mass is 9.58. The highest BCUT2D eigenvalue weighted by molar-refractivity contribution is 4.95. The first-order chi connectivity index (χ1) is 7.35. The van der Waals surface area contributed by atoms with Crippen molar-refractivity contribution in [1.29, 1.82) is 0 Å². The molecule has 0 aromatic carbocycles. The molecule has 0 radical (unpaired) electrons. The van der Waals surface area contributed by atoms with Crippen molar-refractivity contribution in [3.8, 4) is 0 Å². The topological polar surface area (TPSA) is 30.5 Å². The third-order valence-corrected chi connectivity index (χ3v) is 3.91. The van der Waals surface area contributed by atoms with Crippen LogP contribution < -0.4 is 5.32 Å². The SMILES string of the molecule is COCCNCC1CC2(CCOCC2)C1. The molecule has 1 heterocycles. The molecular formula is C12H23NO2. The zero-order chi connectivity index (χ0) is 10.6. The molecule has 0 aromatic rings. The first-order valence-corrected chi connectivity index (χ1v) is 6.12. The van der Waals surface area contributed by atoms with Crippen LogP contribution in [0, 0.1) is 11.3 Å². The lowest BCUT2D eigenvalue weighted by Crippen LogP contribution is -2.45. The molecule has 1 N–H and O–H groups in total. The van der Waals surface area contributed by atoms with E-state index in [0.717, 1.165) is 32.3 Å². The van der Waals surface area contributed by atoms with Crippen LogP contribution in [0.2, 0.25) is 0 Å². The number of ether oxygens (including phenoxy) is 2. The third kappa shape index (κ3) is 2.92. The van der Waals surface area contributed by atoms with Gasteiger partial charge in [-0.2, -0.15) is 0 Å². The minimum Gasteiger partial charge on any atom is -0.383 e. The van der Waals surface area contributed by atoms with Crippen molar-refractivity contribution >= 4 is 0 Å². The Bertz CT molecular complexity index is 182. The summed E-state index contributed by atoms with van der Waals surface area (Å²) in [6, 6.07) is 0. The zero-order valence-corrected chi connectivity index (χ0v) is 9.76. The van der Waals surface area contributed by atoms with Gasteiger partial charge >= 0.3 is 0 Å². The van der Waals surface area contributed by atoms with Gasteiger partial charge in [-0.05, 0) is 43.6 Å². The Kier molecular flexibility index (Phi) is 4.00. The van der Waals surface area contributed by atoms with E-state index in [0.29, 0.717) is 5.41 Å². The highest BCUT2D eigenvalue weighted by Crippen LogP contribution is 2.51. The summed E-state index contributed by atoms with van der Waals surface area (Å²) in [5, 5.41) is 3.45. The molecule has 2 aliphatic rings. The van der Waals surface area contributed by atoms with Gasteiger partial charge in [0.05, 0.1) is 6.61 Å². The molecule has 0 atom stereocenters. The van der Waals surface area contributed by atoms with E-state index in [9.17, 15) is 0 Å². The van der Waals surface area contributed by atoms with Crippen LogP contribution in [0.1, 0.15) is 25.7 Å². The minimum atomic E-state index is 0.672. The van der Waals surface area contributed by atoms with E-state index in [-0.39, 0.29) is 0 Å². The first-order valence-electron chi connectivity index (χ1n) is 6.12. The molecule has 1 spiro atoms. The van der Waals surface area contributed by atoms with Crippen LogP contribution in [0.4, 0.5) is 0 Å². The molecule has 0 bridgehead atoms. The van der Waals surface area contributed by atoms with Gasteiger partial charge in [-0.3, -0.25) is 0 Å². The highest BCUT2D eigenvalue weighted by atomic mass is 16.5. The number of nitrogens with one attached hydrogen (secondary N) is 1. The van der Waals surface area contributed by atoms with E-state index in [1.165, 1.54) is 32.2 Å². The van der Waals surface area contributed by atoms with Gasteiger partial charge in [0, 0.05) is 26.9 Å². The molecule has 3 heteroatoms. The number of rotatable bonds is 5. The minimum absolute atomic E-state index is 0.672. The van der Waals surface area contributed by atoms with E-state index in [2.05, 4.69) is 5.32 Å². The molecule has 0 aromatic heterocycles. The Morgan fingerprint density at radius 3 is 2.73 bits per heavy atom. The van der Waals surface area contributed by atoms with Crippen molar-refractivity contribution in [2.75, 3.05) is 40.0 Å². The van der Waals surface area contributed by atoms with Gasteiger partial charge in [0.25, 0.3) is 0 Å². The fourth-order valence-corrected chi connectivity index (χ4v) is 3.00. The Balaban J connectivity index is 1.56. The van der Waals surface area contributed by atoms with Crippen LogP contribution in [-0.2, 0) is 9.47 Å². The van der Waals surface area contributed by atoms with Crippen molar-refractivity contribution in [1.82, 2.24) is 5.32 Å². The number of methoxy groups -OCH3 is 1. The summed E-state index contributed by atoms with van der Waals surface area (Å²) in [5.41, 5.74) is 0.672. The van der Waals surface area contributed by atoms with Gasteiger partial charge < -0.3 is 14.8 Å². The molecule has 1 saturated carbocycles. The summed E-state index contributed by atoms with van der Waals surface area (Å²) in [6.07, 6.45) is 5.41. The molecular weight excluding hydrogens is 190 g/mol. The lowest BCUT2D eigenvalue weighted by Gasteiger charge is -2.50. The van der Waals surface area contributed by atoms with Gasteiger partial charge in [-0.1, -0.05) is 0 Å². The van der Waals surface area contributed by atoms with Crippen molar-refractivity contribution in [2.24, 2.45) is 11.3 Å². The smallest absolute Gasteiger partial charge is 0.0587 e. The average molecular weight is 213 g/mol. The zero-order valence-electron chi connectivity index (χ0n) is 9.76. The lowest BCUT2D eigenvalue weighted by molar-refractivity contribution is -0.0582. The van der Waals surface area contributed by atoms with Gasteiger partial charge in [-0.15, -0.1) is 0 Å². The molecule has 3 nitrogen and oxygen atoms in total. The predicted octanol–water partition coefficient (Wildman–Crippen LogP) is 1.43. The fourth-order valence-electron chi connectivity index (χ4n) is 3.00. The highest BCUT2D eigenvalue weighted by Gasteiger charge is 2.44. The molecule has 2 fully saturated rings. The summed E-state index contributed by atoms with van der Waals surface area (Å²) < 4.78 is 10.4. The van der Waals surface area contributed by atoms with Crippen molar-refractivity contribution < 1.29 is 9.47 Å². The van der Waals surface area contributed by atoms with Crippen LogP contribution in [0.3, 0.4) is 0 Å². The van der Waals surface area contributed by atoms with E-state index in [1.54, 1.807) is 7.11 Å². The number of hydrogen-bond donors (Lipinski definition) is 1. The Morgan fingerprint density at radius 2 is 2.07 bits per heavy atom. The normalized spacial score (nSPS) is 25.4. The Morgan fingerprint density at radius 1 is 1.33 bits per heavy atom. The maximum atomic E-state index is 5.42. The maximum Gasteiger partial charge on any atom is 0.0587 e. The first kappa shape index (κ1) is 11.4. The van der Waals surface area contributed by atoms with Gasteiger partial charge in [0.1, 0.15) is 0 Å². The Labute approximate surface area is 92.5 Å². The van der Waals surface area contributed by atoms with Crippen molar-refractivity contribution in [3.05, 3.63) is 0 Å². The summed E-state index contributed by atoms with van der Waals surface area (Å²) in [5.74, 6) is 0.903. The van der Waals surface area contributed by atoms with E-state index in [1.807, 2.05) is 0 Å². The van der Waals surface area contributed by atoms with Crippen LogP contribution in [-0.4, -0.2) is 40.0 Å². The van der Waals surface area contributed by atoms with Crippen LogP contribution in [0.5, 0.6) is 0 Å². The van der Waals surface area contributed by atoms with Gasteiger partial charge in [0.2, 0.25) is 0 Å². The second kappa shape index (κ2) is 5.28. The molecule has 15 heavy (non-hydrogen) atoms. The predicted molar refractivity (Wildman–Crippen MR) is 60.0 cm³/mol. The third-order valence-electron chi connectivity index (χ3n) is 3.91. The van der Waals surface area contributed by atoms with Crippen molar-refractivity contribution in [2.45, 2.75) is 25.7 Å². The Hall–Kier alpha value is -0.120. The molecule has 0 amide bonds. The average Bonchev–Trinajstić information content (AvgIpc) is 2.23. The van der Waals surface area contributed by atoms with Crippen LogP contribution in [0.15, 0.2) is 0 Å².